The average molecular weight is 303 g/mol. The monoisotopic (exact) mass is 303 g/mol. The average Bonchev–Trinajstić information content (AvgIpc) is 3.07. The van der Waals surface area contributed by atoms with E-state index >= 15 is 0 Å². The Hall–Kier alpha value is -1.79. The summed E-state index contributed by atoms with van der Waals surface area (Å²) in [5.41, 5.74) is 7.52. The Kier molecular flexibility index (Phi) is 3.75. The number of hydrogen-bond donors (Lipinski definition) is 1. The second-order valence-corrected chi connectivity index (χ2v) is 6.17. The van der Waals surface area contributed by atoms with E-state index in [0.717, 1.165) is 27.0 Å². The number of pyridine rings is 1. The van der Waals surface area contributed by atoms with E-state index in [4.69, 9.17) is 10.2 Å². The van der Waals surface area contributed by atoms with Crippen LogP contribution >= 0.6 is 23.1 Å². The van der Waals surface area contributed by atoms with Crippen molar-refractivity contribution in [3.8, 4) is 10.8 Å². The van der Waals surface area contributed by atoms with Crippen molar-refractivity contribution in [1.29, 1.82) is 0 Å². The Morgan fingerprint density at radius 2 is 2.30 bits per heavy atom. The molecule has 0 atom stereocenters. The van der Waals surface area contributed by atoms with E-state index in [1.54, 1.807) is 35.5 Å². The maximum absolute atomic E-state index is 5.88. The van der Waals surface area contributed by atoms with Crippen LogP contribution in [0.25, 0.3) is 10.8 Å². The summed E-state index contributed by atoms with van der Waals surface area (Å²) in [6.45, 7) is 1.94. The minimum Gasteiger partial charge on any atom is -0.440 e. The van der Waals surface area contributed by atoms with Crippen molar-refractivity contribution in [2.45, 2.75) is 17.6 Å². The first-order valence-corrected chi connectivity index (χ1v) is 7.93. The maximum atomic E-state index is 5.88. The Bertz CT molecular complexity index is 707. The summed E-state index contributed by atoms with van der Waals surface area (Å²) < 4.78 is 5.72. The summed E-state index contributed by atoms with van der Waals surface area (Å²) in [7, 11) is 0. The lowest BCUT2D eigenvalue weighted by atomic mass is 10.4. The lowest BCUT2D eigenvalue weighted by Gasteiger charge is -2.02. The van der Waals surface area contributed by atoms with Crippen LogP contribution in [0, 0.1) is 6.92 Å². The second-order valence-electron chi connectivity index (χ2n) is 4.20. The molecule has 0 unspecified atom stereocenters. The van der Waals surface area contributed by atoms with Gasteiger partial charge in [0.1, 0.15) is 5.76 Å². The molecule has 20 heavy (non-hydrogen) atoms. The molecule has 4 nitrogen and oxygen atoms in total. The smallest absolute Gasteiger partial charge is 0.236 e. The van der Waals surface area contributed by atoms with Gasteiger partial charge in [0.2, 0.25) is 5.89 Å². The quantitative estimate of drug-likeness (QED) is 0.738. The van der Waals surface area contributed by atoms with Crippen molar-refractivity contribution in [3.63, 3.8) is 0 Å². The molecule has 3 aromatic rings. The zero-order valence-electron chi connectivity index (χ0n) is 10.9. The molecule has 0 amide bonds. The van der Waals surface area contributed by atoms with Gasteiger partial charge in [-0.1, -0.05) is 6.07 Å². The molecule has 0 spiro atoms. The van der Waals surface area contributed by atoms with Crippen LogP contribution in [0.3, 0.4) is 0 Å². The van der Waals surface area contributed by atoms with Gasteiger partial charge in [0.05, 0.1) is 22.5 Å². The third-order valence-electron chi connectivity index (χ3n) is 2.80. The van der Waals surface area contributed by atoms with Crippen molar-refractivity contribution in [3.05, 3.63) is 47.4 Å². The molecule has 2 N–H and O–H groups in total. The summed E-state index contributed by atoms with van der Waals surface area (Å²) in [5.74, 6) is 2.28. The molecule has 0 aromatic carbocycles. The number of hydrogen-bond acceptors (Lipinski definition) is 6. The number of anilines is 1. The van der Waals surface area contributed by atoms with Gasteiger partial charge >= 0.3 is 0 Å². The summed E-state index contributed by atoms with van der Waals surface area (Å²) in [6.07, 6.45) is 3.40. The fourth-order valence-electron chi connectivity index (χ4n) is 1.74. The minimum atomic E-state index is 0.691. The number of rotatable bonds is 4. The van der Waals surface area contributed by atoms with Crippen LogP contribution in [0.4, 0.5) is 5.69 Å². The summed E-state index contributed by atoms with van der Waals surface area (Å²) in [5, 5.41) is 2.01. The van der Waals surface area contributed by atoms with E-state index in [2.05, 4.69) is 9.97 Å². The van der Waals surface area contributed by atoms with Gasteiger partial charge < -0.3 is 10.2 Å². The van der Waals surface area contributed by atoms with Gasteiger partial charge in [-0.05, 0) is 24.4 Å². The Balaban J connectivity index is 1.77. The van der Waals surface area contributed by atoms with Gasteiger partial charge in [-0.25, -0.2) is 4.98 Å². The fraction of sp³-hybridized carbons (Fsp3) is 0.143. The number of nitrogens with zero attached hydrogens (tertiary/aromatic N) is 2. The molecular weight excluding hydrogens is 290 g/mol. The molecule has 3 heterocycles. The first-order valence-electron chi connectivity index (χ1n) is 6.06. The van der Waals surface area contributed by atoms with E-state index in [1.807, 2.05) is 30.5 Å². The fourth-order valence-corrected chi connectivity index (χ4v) is 3.32. The van der Waals surface area contributed by atoms with E-state index in [0.29, 0.717) is 11.6 Å². The molecule has 0 radical (unpaired) electrons. The van der Waals surface area contributed by atoms with Crippen LogP contribution in [-0.2, 0) is 5.75 Å². The predicted molar refractivity (Wildman–Crippen MR) is 82.8 cm³/mol. The number of thiophene rings is 1. The topological polar surface area (TPSA) is 64.9 Å². The molecule has 3 rings (SSSR count). The molecule has 6 heteroatoms. The van der Waals surface area contributed by atoms with Crippen molar-refractivity contribution >= 4 is 28.8 Å². The van der Waals surface area contributed by atoms with E-state index < -0.39 is 0 Å². The van der Waals surface area contributed by atoms with Crippen LogP contribution in [0.5, 0.6) is 0 Å². The molecule has 0 saturated heterocycles. The van der Waals surface area contributed by atoms with Crippen molar-refractivity contribution in [2.75, 3.05) is 5.73 Å². The normalized spacial score (nSPS) is 10.8. The molecule has 0 aliphatic rings. The number of oxazole rings is 1. The Morgan fingerprint density at radius 1 is 1.40 bits per heavy atom. The van der Waals surface area contributed by atoms with Gasteiger partial charge in [-0.2, -0.15) is 0 Å². The molecule has 3 aromatic heterocycles. The summed E-state index contributed by atoms with van der Waals surface area (Å²) >= 11 is 3.26. The number of nitrogen functional groups attached to an aromatic ring is 1. The van der Waals surface area contributed by atoms with Crippen LogP contribution in [0.2, 0.25) is 0 Å². The number of aromatic nitrogens is 2. The van der Waals surface area contributed by atoms with Crippen molar-refractivity contribution in [2.24, 2.45) is 0 Å². The molecule has 0 fully saturated rings. The number of nitrogens with two attached hydrogens (primary N) is 1. The largest absolute Gasteiger partial charge is 0.440 e. The molecule has 0 bridgehead atoms. The third-order valence-corrected chi connectivity index (χ3v) is 4.76. The lowest BCUT2D eigenvalue weighted by molar-refractivity contribution is 0.542. The SMILES string of the molecule is Cc1oc(-c2cccs2)nc1CSc1ccncc1N. The van der Waals surface area contributed by atoms with Crippen LogP contribution in [0.1, 0.15) is 11.5 Å². The van der Waals surface area contributed by atoms with Crippen LogP contribution in [-0.4, -0.2) is 9.97 Å². The first-order chi connectivity index (χ1) is 9.74. The zero-order valence-corrected chi connectivity index (χ0v) is 12.5. The van der Waals surface area contributed by atoms with Gasteiger partial charge in [0.15, 0.2) is 0 Å². The highest BCUT2D eigenvalue weighted by Gasteiger charge is 2.12. The minimum absolute atomic E-state index is 0.691. The van der Waals surface area contributed by atoms with Gasteiger partial charge in [-0.3, -0.25) is 4.98 Å². The molecule has 0 aliphatic heterocycles. The van der Waals surface area contributed by atoms with Gasteiger partial charge in [0, 0.05) is 16.8 Å². The number of aryl methyl sites for hydroxylation is 1. The maximum Gasteiger partial charge on any atom is 0.236 e. The standard InChI is InChI=1S/C14H13N3OS2/c1-9-11(8-20-12-4-5-16-7-10(12)15)17-14(18-9)13-3-2-6-19-13/h2-7H,8,15H2,1H3. The molecular formula is C14H13N3OS2. The summed E-state index contributed by atoms with van der Waals surface area (Å²) in [6, 6.07) is 5.91. The van der Waals surface area contributed by atoms with E-state index in [1.165, 1.54) is 0 Å². The molecule has 0 saturated carbocycles. The third kappa shape index (κ3) is 2.71. The number of thioether (sulfide) groups is 1. The van der Waals surface area contributed by atoms with Crippen LogP contribution in [0.15, 0.2) is 45.3 Å². The Morgan fingerprint density at radius 3 is 3.05 bits per heavy atom. The van der Waals surface area contributed by atoms with E-state index in [9.17, 15) is 0 Å². The second kappa shape index (κ2) is 5.68. The summed E-state index contributed by atoms with van der Waals surface area (Å²) in [4.78, 5) is 10.6. The van der Waals surface area contributed by atoms with E-state index in [-0.39, 0.29) is 0 Å². The van der Waals surface area contributed by atoms with Crippen molar-refractivity contribution < 1.29 is 4.42 Å². The van der Waals surface area contributed by atoms with Crippen molar-refractivity contribution in [1.82, 2.24) is 9.97 Å². The molecule has 102 valence electrons. The first kappa shape index (κ1) is 13.2. The lowest BCUT2D eigenvalue weighted by Crippen LogP contribution is -1.90. The zero-order chi connectivity index (χ0) is 13.9. The van der Waals surface area contributed by atoms with Crippen LogP contribution < -0.4 is 5.73 Å². The highest BCUT2D eigenvalue weighted by Crippen LogP contribution is 2.31. The van der Waals surface area contributed by atoms with Gasteiger partial charge in [-0.15, -0.1) is 23.1 Å². The highest BCUT2D eigenvalue weighted by atomic mass is 32.2. The predicted octanol–water partition coefficient (Wildman–Crippen LogP) is 3.98. The Labute approximate surface area is 125 Å². The molecule has 0 aliphatic carbocycles. The van der Waals surface area contributed by atoms with Gasteiger partial charge in [0.25, 0.3) is 0 Å². The highest BCUT2D eigenvalue weighted by molar-refractivity contribution is 7.98.